The molecule has 4 aromatic carbocycles. The molecular formula is C31H25N3O3. The number of nitrogens with zero attached hydrogens (tertiary/aromatic N) is 3. The van der Waals surface area contributed by atoms with E-state index in [4.69, 9.17) is 9.73 Å². The van der Waals surface area contributed by atoms with Gasteiger partial charge >= 0.3 is 0 Å². The molecule has 0 atom stereocenters. The third-order valence-corrected chi connectivity index (χ3v) is 6.02. The Hall–Kier alpha value is -4.97. The number of para-hydroxylation sites is 1. The quantitative estimate of drug-likeness (QED) is 0.300. The zero-order valence-electron chi connectivity index (χ0n) is 20.5. The lowest BCUT2D eigenvalue weighted by molar-refractivity contribution is -0.116. The number of anilines is 2. The van der Waals surface area contributed by atoms with Crippen LogP contribution in [0.1, 0.15) is 18.1 Å². The van der Waals surface area contributed by atoms with Crippen LogP contribution in [0.4, 0.5) is 11.4 Å². The number of hydrogen-bond donors (Lipinski definition) is 0. The topological polar surface area (TPSA) is 62.2 Å². The van der Waals surface area contributed by atoms with Crippen LogP contribution in [0.25, 0.3) is 6.08 Å². The maximum absolute atomic E-state index is 13.6. The van der Waals surface area contributed by atoms with E-state index in [-0.39, 0.29) is 11.8 Å². The van der Waals surface area contributed by atoms with Gasteiger partial charge in [0.15, 0.2) is 0 Å². The molecule has 4 aromatic rings. The molecule has 1 aliphatic heterocycles. The van der Waals surface area contributed by atoms with Crippen LogP contribution in [0.5, 0.6) is 11.5 Å². The largest absolute Gasteiger partial charge is 0.457 e. The molecule has 0 saturated heterocycles. The highest BCUT2D eigenvalue weighted by Crippen LogP contribution is 2.30. The molecule has 37 heavy (non-hydrogen) atoms. The van der Waals surface area contributed by atoms with Crippen LogP contribution < -0.4 is 14.5 Å². The van der Waals surface area contributed by atoms with Crippen molar-refractivity contribution in [1.82, 2.24) is 0 Å². The Morgan fingerprint density at radius 1 is 0.811 bits per heavy atom. The third-order valence-electron chi connectivity index (χ3n) is 6.02. The Kier molecular flexibility index (Phi) is 6.64. The second kappa shape index (κ2) is 10.3. The molecule has 1 heterocycles. The Labute approximate surface area is 215 Å². The highest BCUT2D eigenvalue weighted by molar-refractivity contribution is 6.33. The molecular weight excluding hydrogens is 462 g/mol. The number of amides is 2. The van der Waals surface area contributed by atoms with Crippen LogP contribution in [-0.4, -0.2) is 24.7 Å². The summed E-state index contributed by atoms with van der Waals surface area (Å²) in [7, 11) is 1.71. The van der Waals surface area contributed by atoms with E-state index in [1.54, 1.807) is 22.9 Å². The Balaban J connectivity index is 1.45. The molecule has 0 aromatic heterocycles. The normalized spacial score (nSPS) is 14.0. The van der Waals surface area contributed by atoms with Gasteiger partial charge in [-0.05, 0) is 60.2 Å². The molecule has 0 saturated carbocycles. The first kappa shape index (κ1) is 23.8. The zero-order chi connectivity index (χ0) is 25.8. The van der Waals surface area contributed by atoms with Gasteiger partial charge in [-0.2, -0.15) is 0 Å². The molecule has 0 radical (unpaired) electrons. The highest BCUT2D eigenvalue weighted by Gasteiger charge is 2.32. The number of rotatable bonds is 6. The first-order valence-corrected chi connectivity index (χ1v) is 11.9. The predicted molar refractivity (Wildman–Crippen MR) is 147 cm³/mol. The first-order chi connectivity index (χ1) is 18.0. The molecule has 5 rings (SSSR count). The van der Waals surface area contributed by atoms with Crippen molar-refractivity contribution in [3.8, 4) is 11.5 Å². The van der Waals surface area contributed by atoms with Gasteiger partial charge in [-0.25, -0.2) is 4.99 Å². The van der Waals surface area contributed by atoms with Crippen LogP contribution >= 0.6 is 0 Å². The van der Waals surface area contributed by atoms with E-state index in [1.807, 2.05) is 109 Å². The molecule has 0 fully saturated rings. The summed E-state index contributed by atoms with van der Waals surface area (Å²) in [4.78, 5) is 33.2. The number of aliphatic imine (C=N–C) groups is 1. The summed E-state index contributed by atoms with van der Waals surface area (Å²) in [5, 5.41) is 0. The van der Waals surface area contributed by atoms with Gasteiger partial charge in [0.1, 0.15) is 23.0 Å². The van der Waals surface area contributed by atoms with Crippen molar-refractivity contribution in [2.24, 2.45) is 4.99 Å². The second-order valence-electron chi connectivity index (χ2n) is 8.55. The van der Waals surface area contributed by atoms with E-state index in [9.17, 15) is 9.59 Å². The lowest BCUT2D eigenvalue weighted by atomic mass is 10.1. The van der Waals surface area contributed by atoms with Crippen molar-refractivity contribution in [3.63, 3.8) is 0 Å². The molecule has 0 bridgehead atoms. The molecule has 0 spiro atoms. The van der Waals surface area contributed by atoms with Gasteiger partial charge in [0.05, 0.1) is 5.69 Å². The Morgan fingerprint density at radius 3 is 2.03 bits per heavy atom. The fourth-order valence-corrected chi connectivity index (χ4v) is 3.96. The minimum atomic E-state index is -0.226. The number of carbonyl (C=O) groups is 2. The SMILES string of the molecule is CC(=O)N(C)c1ccc(N2C(=O)/C(=C\c3ccc(Oc4ccccc4)cc3)N=C2c2ccccc2)cc1. The van der Waals surface area contributed by atoms with Gasteiger partial charge in [0, 0.05) is 25.2 Å². The lowest BCUT2D eigenvalue weighted by Gasteiger charge is -2.20. The van der Waals surface area contributed by atoms with Gasteiger partial charge < -0.3 is 9.64 Å². The van der Waals surface area contributed by atoms with Crippen molar-refractivity contribution >= 4 is 35.1 Å². The number of benzene rings is 4. The molecule has 0 unspecified atom stereocenters. The van der Waals surface area contributed by atoms with Crippen molar-refractivity contribution in [2.45, 2.75) is 6.92 Å². The molecule has 1 aliphatic rings. The van der Waals surface area contributed by atoms with Gasteiger partial charge in [-0.15, -0.1) is 0 Å². The zero-order valence-corrected chi connectivity index (χ0v) is 20.5. The van der Waals surface area contributed by atoms with E-state index < -0.39 is 0 Å². The lowest BCUT2D eigenvalue weighted by Crippen LogP contribution is -2.32. The molecule has 0 aliphatic carbocycles. The Morgan fingerprint density at radius 2 is 1.41 bits per heavy atom. The summed E-state index contributed by atoms with van der Waals surface area (Å²) in [5.41, 5.74) is 3.41. The van der Waals surface area contributed by atoms with Crippen LogP contribution in [0.2, 0.25) is 0 Å². The molecule has 6 nitrogen and oxygen atoms in total. The van der Waals surface area contributed by atoms with Crippen molar-refractivity contribution in [2.75, 3.05) is 16.8 Å². The first-order valence-electron chi connectivity index (χ1n) is 11.9. The van der Waals surface area contributed by atoms with Crippen molar-refractivity contribution in [3.05, 3.63) is 126 Å². The summed E-state index contributed by atoms with van der Waals surface area (Å²) >= 11 is 0. The standard InChI is InChI=1S/C31H25N3O3/c1-22(35)33(2)25-15-17-26(18-16-25)34-30(24-9-5-3-6-10-24)32-29(31(34)36)21-23-13-19-28(20-14-23)37-27-11-7-4-8-12-27/h3-21H,1-2H3/b29-21+. The van der Waals surface area contributed by atoms with Gasteiger partial charge in [0.2, 0.25) is 5.91 Å². The third kappa shape index (κ3) is 5.18. The average molecular weight is 488 g/mol. The smallest absolute Gasteiger partial charge is 0.282 e. The maximum atomic E-state index is 13.6. The van der Waals surface area contributed by atoms with Crippen molar-refractivity contribution in [1.29, 1.82) is 0 Å². The summed E-state index contributed by atoms with van der Waals surface area (Å²) in [6, 6.07) is 34.0. The van der Waals surface area contributed by atoms with Crippen LogP contribution in [0.15, 0.2) is 120 Å². The highest BCUT2D eigenvalue weighted by atomic mass is 16.5. The minimum absolute atomic E-state index is 0.0676. The number of carbonyl (C=O) groups excluding carboxylic acids is 2. The second-order valence-corrected chi connectivity index (χ2v) is 8.55. The maximum Gasteiger partial charge on any atom is 0.282 e. The molecule has 6 heteroatoms. The number of ether oxygens (including phenoxy) is 1. The molecule has 0 N–H and O–H groups in total. The molecule has 2 amide bonds. The van der Waals surface area contributed by atoms with E-state index in [2.05, 4.69) is 0 Å². The van der Waals surface area contributed by atoms with Crippen LogP contribution in [0.3, 0.4) is 0 Å². The number of hydrogen-bond acceptors (Lipinski definition) is 4. The van der Waals surface area contributed by atoms with Gasteiger partial charge in [-0.1, -0.05) is 60.7 Å². The average Bonchev–Trinajstić information content (AvgIpc) is 3.26. The fraction of sp³-hybridized carbons (Fsp3) is 0.0645. The summed E-state index contributed by atoms with van der Waals surface area (Å²) in [6.07, 6.45) is 1.77. The summed E-state index contributed by atoms with van der Waals surface area (Å²) in [6.45, 7) is 1.51. The van der Waals surface area contributed by atoms with E-state index in [1.165, 1.54) is 6.92 Å². The van der Waals surface area contributed by atoms with E-state index >= 15 is 0 Å². The summed E-state index contributed by atoms with van der Waals surface area (Å²) < 4.78 is 5.87. The van der Waals surface area contributed by atoms with E-state index in [0.717, 1.165) is 22.6 Å². The Bertz CT molecular complexity index is 1480. The van der Waals surface area contributed by atoms with Crippen LogP contribution in [0, 0.1) is 0 Å². The van der Waals surface area contributed by atoms with Gasteiger partial charge in [0.25, 0.3) is 5.91 Å². The number of amidine groups is 1. The van der Waals surface area contributed by atoms with Crippen molar-refractivity contribution < 1.29 is 14.3 Å². The van der Waals surface area contributed by atoms with Gasteiger partial charge in [-0.3, -0.25) is 14.5 Å². The predicted octanol–water partition coefficient (Wildman–Crippen LogP) is 6.30. The molecule has 182 valence electrons. The van der Waals surface area contributed by atoms with Crippen LogP contribution in [-0.2, 0) is 9.59 Å². The minimum Gasteiger partial charge on any atom is -0.457 e. The van der Waals surface area contributed by atoms with E-state index in [0.29, 0.717) is 23.0 Å². The monoisotopic (exact) mass is 487 g/mol. The fourth-order valence-electron chi connectivity index (χ4n) is 3.96. The summed E-state index contributed by atoms with van der Waals surface area (Å²) in [5.74, 6) is 1.72.